The molecule has 3 aliphatic rings. The zero-order valence-corrected chi connectivity index (χ0v) is 31.7. The van der Waals surface area contributed by atoms with E-state index in [4.69, 9.17) is 4.74 Å². The van der Waals surface area contributed by atoms with Crippen molar-refractivity contribution in [2.45, 2.75) is 31.3 Å². The zero-order valence-electron chi connectivity index (χ0n) is 30.9. The van der Waals surface area contributed by atoms with E-state index >= 15 is 0 Å². The van der Waals surface area contributed by atoms with Crippen molar-refractivity contribution in [2.75, 3.05) is 0 Å². The molecule has 3 atom stereocenters. The number of hydrogen-bond acceptors (Lipinski definition) is 2. The van der Waals surface area contributed by atoms with Crippen molar-refractivity contribution in [3.63, 3.8) is 0 Å². The van der Waals surface area contributed by atoms with Crippen LogP contribution in [0, 0.1) is 5.92 Å². The van der Waals surface area contributed by atoms with Crippen molar-refractivity contribution < 1.29 is 4.74 Å². The van der Waals surface area contributed by atoms with Gasteiger partial charge in [-0.1, -0.05) is 152 Å². The number of allylic oxidation sites excluding steroid dienone is 5. The van der Waals surface area contributed by atoms with Crippen LogP contribution in [0.15, 0.2) is 170 Å². The molecule has 8 aromatic carbocycles. The lowest BCUT2D eigenvalue weighted by Gasteiger charge is -2.26. The van der Waals surface area contributed by atoms with Gasteiger partial charge in [-0.3, -0.25) is 0 Å². The average Bonchev–Trinajstić information content (AvgIpc) is 3.83. The largest absolute Gasteiger partial charge is 0.484 e. The second kappa shape index (κ2) is 12.7. The lowest BCUT2D eigenvalue weighted by atomic mass is 9.76. The van der Waals surface area contributed by atoms with E-state index in [1.807, 2.05) is 11.3 Å². The SMILES string of the molecule is C1=CCC(C2c3cc4c(sc5ccccc54)c(-c4c5c(c(-c6ccc7ccccc7c6)c6ccccc46)C=CCC5)c3OC2c2ccc3ccccc3c2)C=C1. The van der Waals surface area contributed by atoms with Gasteiger partial charge in [0, 0.05) is 37.2 Å². The van der Waals surface area contributed by atoms with Crippen LogP contribution in [0.1, 0.15) is 47.1 Å². The highest BCUT2D eigenvalue weighted by Gasteiger charge is 2.43. The molecule has 56 heavy (non-hydrogen) atoms. The van der Waals surface area contributed by atoms with E-state index in [9.17, 15) is 0 Å². The van der Waals surface area contributed by atoms with Gasteiger partial charge in [0.2, 0.25) is 0 Å². The Kier molecular flexibility index (Phi) is 7.25. The van der Waals surface area contributed by atoms with E-state index in [0.29, 0.717) is 5.92 Å². The number of benzene rings is 8. The van der Waals surface area contributed by atoms with Crippen LogP contribution < -0.4 is 4.74 Å². The molecule has 2 heteroatoms. The minimum atomic E-state index is -0.115. The van der Waals surface area contributed by atoms with Crippen LogP contribution in [0.3, 0.4) is 0 Å². The highest BCUT2D eigenvalue weighted by atomic mass is 32.1. The monoisotopic (exact) mass is 734 g/mol. The topological polar surface area (TPSA) is 9.23 Å². The van der Waals surface area contributed by atoms with Crippen LogP contribution in [0.4, 0.5) is 0 Å². The third-order valence-corrected chi connectivity index (χ3v) is 13.9. The quantitative estimate of drug-likeness (QED) is 0.175. The Morgan fingerprint density at radius 1 is 0.571 bits per heavy atom. The second-order valence-electron chi connectivity index (χ2n) is 15.7. The first-order valence-corrected chi connectivity index (χ1v) is 20.8. The van der Waals surface area contributed by atoms with Crippen molar-refractivity contribution in [3.05, 3.63) is 192 Å². The Bertz CT molecular complexity index is 3170. The third kappa shape index (κ3) is 4.85. The maximum atomic E-state index is 7.63. The van der Waals surface area contributed by atoms with Crippen LogP contribution in [0.25, 0.3) is 80.8 Å². The molecule has 12 rings (SSSR count). The molecule has 0 radical (unpaired) electrons. The van der Waals surface area contributed by atoms with Crippen LogP contribution in [0.5, 0.6) is 5.75 Å². The van der Waals surface area contributed by atoms with Gasteiger partial charge in [-0.25, -0.2) is 0 Å². The first kappa shape index (κ1) is 32.1. The van der Waals surface area contributed by atoms with E-state index in [-0.39, 0.29) is 12.0 Å². The highest BCUT2D eigenvalue weighted by molar-refractivity contribution is 7.26. The minimum Gasteiger partial charge on any atom is -0.484 e. The van der Waals surface area contributed by atoms with Crippen LogP contribution in [0.2, 0.25) is 0 Å². The third-order valence-electron chi connectivity index (χ3n) is 12.7. The molecule has 1 aromatic heterocycles. The second-order valence-corrected chi connectivity index (χ2v) is 16.8. The van der Waals surface area contributed by atoms with Crippen molar-refractivity contribution >= 4 is 69.9 Å². The Labute approximate surface area is 330 Å². The maximum absolute atomic E-state index is 7.63. The van der Waals surface area contributed by atoms with Crippen molar-refractivity contribution in [2.24, 2.45) is 5.92 Å². The average molecular weight is 735 g/mol. The van der Waals surface area contributed by atoms with Gasteiger partial charge >= 0.3 is 0 Å². The molecule has 0 amide bonds. The predicted octanol–water partition coefficient (Wildman–Crippen LogP) is 15.2. The van der Waals surface area contributed by atoms with Gasteiger partial charge in [-0.05, 0) is 115 Å². The van der Waals surface area contributed by atoms with Gasteiger partial charge in [0.25, 0.3) is 0 Å². The molecule has 0 fully saturated rings. The van der Waals surface area contributed by atoms with E-state index in [0.717, 1.165) is 25.0 Å². The summed E-state index contributed by atoms with van der Waals surface area (Å²) in [4.78, 5) is 0. The summed E-state index contributed by atoms with van der Waals surface area (Å²) in [5.41, 5.74) is 10.6. The number of thiophene rings is 1. The van der Waals surface area contributed by atoms with Crippen molar-refractivity contribution in [1.29, 1.82) is 0 Å². The molecule has 0 saturated carbocycles. The molecule has 266 valence electrons. The number of rotatable bonds is 4. The normalized spacial score (nSPS) is 18.6. The minimum absolute atomic E-state index is 0.115. The smallest absolute Gasteiger partial charge is 0.133 e. The van der Waals surface area contributed by atoms with Gasteiger partial charge in [-0.15, -0.1) is 11.3 Å². The summed E-state index contributed by atoms with van der Waals surface area (Å²) in [6, 6.07) is 52.0. The van der Waals surface area contributed by atoms with Crippen molar-refractivity contribution in [3.8, 4) is 28.0 Å². The summed E-state index contributed by atoms with van der Waals surface area (Å²) in [7, 11) is 0. The fourth-order valence-electron chi connectivity index (χ4n) is 10.1. The molecule has 1 aliphatic heterocycles. The summed E-state index contributed by atoms with van der Waals surface area (Å²) in [5.74, 6) is 1.54. The summed E-state index contributed by atoms with van der Waals surface area (Å²) in [5, 5.41) is 10.3. The summed E-state index contributed by atoms with van der Waals surface area (Å²) in [6.07, 6.45) is 16.9. The van der Waals surface area contributed by atoms with E-state index in [1.165, 1.54) is 97.0 Å². The van der Waals surface area contributed by atoms with Crippen molar-refractivity contribution in [1.82, 2.24) is 0 Å². The standard InChI is InChI=1S/C54H38OS/c1-2-16-35(17-3-1)49-46-32-45-40-20-12-13-25-47(40)56-54(45)51(53(46)55-52(49)39-29-27-34-15-5-7-19-37(34)31-39)50-43-23-10-8-21-41(43)48(42-22-9-11-24-44(42)50)38-28-26-33-14-4-6-18-36(33)30-38/h1-10,12-16,18-23,25-32,35,49,52H,11,17,24H2. The van der Waals surface area contributed by atoms with Gasteiger partial charge < -0.3 is 4.74 Å². The highest BCUT2D eigenvalue weighted by Crippen LogP contribution is 2.60. The van der Waals surface area contributed by atoms with E-state index < -0.39 is 0 Å². The first-order chi connectivity index (χ1) is 27.8. The van der Waals surface area contributed by atoms with E-state index in [1.54, 1.807) is 0 Å². The van der Waals surface area contributed by atoms with Gasteiger partial charge in [0.15, 0.2) is 0 Å². The van der Waals surface area contributed by atoms with Gasteiger partial charge in [-0.2, -0.15) is 0 Å². The van der Waals surface area contributed by atoms with Gasteiger partial charge in [0.05, 0.1) is 0 Å². The molecule has 2 heterocycles. The molecule has 9 aromatic rings. The molecule has 0 bridgehead atoms. The lowest BCUT2D eigenvalue weighted by Crippen LogP contribution is -2.18. The number of hydrogen-bond donors (Lipinski definition) is 0. The van der Waals surface area contributed by atoms with Gasteiger partial charge in [0.1, 0.15) is 11.9 Å². The predicted molar refractivity (Wildman–Crippen MR) is 239 cm³/mol. The number of fused-ring (bicyclic) bond motifs is 8. The molecular formula is C54H38OS. The molecule has 0 N–H and O–H groups in total. The lowest BCUT2D eigenvalue weighted by molar-refractivity contribution is 0.191. The number of ether oxygens (including phenoxy) is 1. The van der Waals surface area contributed by atoms with Crippen LogP contribution in [-0.2, 0) is 6.42 Å². The molecule has 3 unspecified atom stereocenters. The Balaban J connectivity index is 1.18. The van der Waals surface area contributed by atoms with Crippen LogP contribution >= 0.6 is 11.3 Å². The Morgan fingerprint density at radius 3 is 2.09 bits per heavy atom. The molecule has 2 aliphatic carbocycles. The van der Waals surface area contributed by atoms with E-state index in [2.05, 4.69) is 176 Å². The fraction of sp³-hybridized carbons (Fsp3) is 0.111. The summed E-state index contributed by atoms with van der Waals surface area (Å²) < 4.78 is 10.3. The Morgan fingerprint density at radius 2 is 1.29 bits per heavy atom. The molecule has 1 nitrogen and oxygen atoms in total. The molecular weight excluding hydrogens is 697 g/mol. The molecule has 0 saturated heterocycles. The zero-order chi connectivity index (χ0) is 36.7. The summed E-state index contributed by atoms with van der Waals surface area (Å²) >= 11 is 1.92. The summed E-state index contributed by atoms with van der Waals surface area (Å²) in [6.45, 7) is 0. The fourth-order valence-corrected chi connectivity index (χ4v) is 11.4. The maximum Gasteiger partial charge on any atom is 0.133 e. The first-order valence-electron chi connectivity index (χ1n) is 20.0. The van der Waals surface area contributed by atoms with Crippen LogP contribution in [-0.4, -0.2) is 0 Å². The molecule has 0 spiro atoms. The Hall–Kier alpha value is -6.22.